The Morgan fingerprint density at radius 2 is 1.93 bits per heavy atom. The lowest BCUT2D eigenvalue weighted by Crippen LogP contribution is -2.47. The van der Waals surface area contributed by atoms with Gasteiger partial charge in [-0.3, -0.25) is 9.69 Å². The van der Waals surface area contributed by atoms with Gasteiger partial charge >= 0.3 is 5.97 Å². The number of anilines is 1. The monoisotopic (exact) mass is 372 g/mol. The van der Waals surface area contributed by atoms with Gasteiger partial charge < -0.3 is 14.4 Å². The summed E-state index contributed by atoms with van der Waals surface area (Å²) in [5, 5.41) is 0. The third-order valence-corrected chi connectivity index (χ3v) is 6.69. The fourth-order valence-corrected chi connectivity index (χ4v) is 5.00. The number of carbonyl (C=O) groups excluding carboxylic acids is 1. The number of hydrogen-bond acceptors (Lipinski definition) is 5. The molecular weight excluding hydrogens is 340 g/mol. The zero-order chi connectivity index (χ0) is 18.7. The van der Waals surface area contributed by atoms with E-state index in [0.717, 1.165) is 64.2 Å². The minimum absolute atomic E-state index is 0.0926. The fourth-order valence-electron chi connectivity index (χ4n) is 5.00. The summed E-state index contributed by atoms with van der Waals surface area (Å²) >= 11 is 0. The Bertz CT molecular complexity index is 649. The molecule has 5 nitrogen and oxygen atoms in total. The second-order valence-corrected chi connectivity index (χ2v) is 8.39. The van der Waals surface area contributed by atoms with Gasteiger partial charge in [-0.25, -0.2) is 0 Å². The van der Waals surface area contributed by atoms with E-state index in [1.54, 1.807) is 7.11 Å². The van der Waals surface area contributed by atoms with E-state index in [2.05, 4.69) is 28.0 Å². The summed E-state index contributed by atoms with van der Waals surface area (Å²) in [7, 11) is 1.71. The lowest BCUT2D eigenvalue weighted by atomic mass is 9.72. The molecule has 1 saturated carbocycles. The molecule has 1 atom stereocenters. The number of hydrogen-bond donors (Lipinski definition) is 0. The van der Waals surface area contributed by atoms with Crippen molar-refractivity contribution in [2.75, 3.05) is 44.7 Å². The lowest BCUT2D eigenvalue weighted by molar-refractivity contribution is -0.150. The first-order valence-electron chi connectivity index (χ1n) is 10.5. The highest BCUT2D eigenvalue weighted by molar-refractivity contribution is 5.79. The molecule has 3 fully saturated rings. The Morgan fingerprint density at radius 3 is 2.67 bits per heavy atom. The highest BCUT2D eigenvalue weighted by Crippen LogP contribution is 2.46. The molecule has 148 valence electrons. The summed E-state index contributed by atoms with van der Waals surface area (Å²) in [5.41, 5.74) is 1.10. The van der Waals surface area contributed by atoms with Gasteiger partial charge in [-0.2, -0.15) is 0 Å². The maximum atomic E-state index is 12.4. The third kappa shape index (κ3) is 4.08. The van der Waals surface area contributed by atoms with E-state index in [9.17, 15) is 4.79 Å². The van der Waals surface area contributed by atoms with Crippen molar-refractivity contribution in [3.8, 4) is 5.75 Å². The van der Waals surface area contributed by atoms with Gasteiger partial charge in [0.1, 0.15) is 11.9 Å². The van der Waals surface area contributed by atoms with Crippen molar-refractivity contribution >= 4 is 11.7 Å². The summed E-state index contributed by atoms with van der Waals surface area (Å²) in [5.74, 6) is 1.00. The van der Waals surface area contributed by atoms with Gasteiger partial charge in [-0.15, -0.1) is 0 Å². The minimum Gasteiger partial charge on any atom is -0.497 e. The molecule has 5 heteroatoms. The van der Waals surface area contributed by atoms with Crippen LogP contribution in [0.3, 0.4) is 0 Å². The number of cyclic esters (lactones) is 1. The SMILES string of the molecule is COc1cccc(N2CCN(CC[C@H]3CC4(CCCCC4)C(=O)O3)CC2)c1. The molecule has 1 aromatic carbocycles. The van der Waals surface area contributed by atoms with Crippen LogP contribution in [0.5, 0.6) is 5.75 Å². The number of ether oxygens (including phenoxy) is 2. The summed E-state index contributed by atoms with van der Waals surface area (Å²) in [6.07, 6.45) is 7.80. The number of carbonyl (C=O) groups is 1. The van der Waals surface area contributed by atoms with E-state index in [1.165, 1.54) is 24.9 Å². The van der Waals surface area contributed by atoms with Crippen molar-refractivity contribution in [2.45, 2.75) is 51.0 Å². The van der Waals surface area contributed by atoms with Crippen LogP contribution < -0.4 is 9.64 Å². The highest BCUT2D eigenvalue weighted by atomic mass is 16.6. The summed E-state index contributed by atoms with van der Waals surface area (Å²) in [4.78, 5) is 17.3. The molecule has 27 heavy (non-hydrogen) atoms. The Balaban J connectivity index is 1.23. The summed E-state index contributed by atoms with van der Waals surface area (Å²) < 4.78 is 11.1. The quantitative estimate of drug-likeness (QED) is 0.741. The molecule has 3 aliphatic rings. The summed E-state index contributed by atoms with van der Waals surface area (Å²) in [6, 6.07) is 8.30. The molecule has 1 spiro atoms. The van der Waals surface area contributed by atoms with Crippen LogP contribution in [0, 0.1) is 5.41 Å². The Morgan fingerprint density at radius 1 is 1.15 bits per heavy atom. The van der Waals surface area contributed by atoms with Crippen molar-refractivity contribution in [1.29, 1.82) is 0 Å². The molecule has 0 aromatic heterocycles. The Labute approximate surface area is 162 Å². The lowest BCUT2D eigenvalue weighted by Gasteiger charge is -2.36. The molecule has 1 aromatic rings. The molecule has 0 N–H and O–H groups in total. The van der Waals surface area contributed by atoms with E-state index >= 15 is 0 Å². The number of methoxy groups -OCH3 is 1. The van der Waals surface area contributed by atoms with Crippen molar-refractivity contribution < 1.29 is 14.3 Å². The van der Waals surface area contributed by atoms with Crippen LogP contribution in [0.2, 0.25) is 0 Å². The van der Waals surface area contributed by atoms with Crippen LogP contribution in [0.25, 0.3) is 0 Å². The van der Waals surface area contributed by atoms with Crippen molar-refractivity contribution in [3.63, 3.8) is 0 Å². The molecule has 0 bridgehead atoms. The predicted octanol–water partition coefficient (Wildman–Crippen LogP) is 3.47. The smallest absolute Gasteiger partial charge is 0.312 e. The topological polar surface area (TPSA) is 42.0 Å². The maximum Gasteiger partial charge on any atom is 0.312 e. The van der Waals surface area contributed by atoms with Crippen LogP contribution in [0.4, 0.5) is 5.69 Å². The second kappa shape index (κ2) is 8.09. The van der Waals surface area contributed by atoms with E-state index in [-0.39, 0.29) is 17.5 Å². The van der Waals surface area contributed by atoms with Gasteiger partial charge in [-0.05, 0) is 31.4 Å². The van der Waals surface area contributed by atoms with Crippen molar-refractivity contribution in [3.05, 3.63) is 24.3 Å². The number of nitrogens with zero attached hydrogens (tertiary/aromatic N) is 2. The first kappa shape index (κ1) is 18.6. The molecular formula is C22H32N2O3. The maximum absolute atomic E-state index is 12.4. The molecule has 0 amide bonds. The van der Waals surface area contributed by atoms with Gasteiger partial charge in [0.25, 0.3) is 0 Å². The molecule has 0 radical (unpaired) electrons. The molecule has 1 aliphatic carbocycles. The highest BCUT2D eigenvalue weighted by Gasteiger charge is 2.48. The van der Waals surface area contributed by atoms with E-state index in [1.807, 2.05) is 6.07 Å². The largest absolute Gasteiger partial charge is 0.497 e. The van der Waals surface area contributed by atoms with Crippen LogP contribution in [0.15, 0.2) is 24.3 Å². The Hall–Kier alpha value is -1.75. The number of esters is 1. The number of benzene rings is 1. The van der Waals surface area contributed by atoms with Crippen LogP contribution >= 0.6 is 0 Å². The van der Waals surface area contributed by atoms with Gasteiger partial charge in [0.15, 0.2) is 0 Å². The van der Waals surface area contributed by atoms with Gasteiger partial charge in [0.2, 0.25) is 0 Å². The van der Waals surface area contributed by atoms with Gasteiger partial charge in [0.05, 0.1) is 12.5 Å². The zero-order valence-electron chi connectivity index (χ0n) is 16.5. The molecule has 2 saturated heterocycles. The zero-order valence-corrected chi connectivity index (χ0v) is 16.5. The molecule has 4 rings (SSSR count). The minimum atomic E-state index is -0.131. The average Bonchev–Trinajstić information content (AvgIpc) is 3.02. The average molecular weight is 373 g/mol. The second-order valence-electron chi connectivity index (χ2n) is 8.39. The van der Waals surface area contributed by atoms with Crippen molar-refractivity contribution in [2.24, 2.45) is 5.41 Å². The molecule has 0 unspecified atom stereocenters. The van der Waals surface area contributed by atoms with Crippen molar-refractivity contribution in [1.82, 2.24) is 4.90 Å². The first-order chi connectivity index (χ1) is 13.2. The van der Waals surface area contributed by atoms with E-state index in [4.69, 9.17) is 9.47 Å². The van der Waals surface area contributed by atoms with Gasteiger partial charge in [-0.1, -0.05) is 25.3 Å². The van der Waals surface area contributed by atoms with Crippen LogP contribution in [-0.2, 0) is 9.53 Å². The standard InChI is InChI=1S/C22H32N2O3/c1-26-19-7-5-6-18(16-19)24-14-12-23(13-15-24)11-8-20-17-22(21(25)27-20)9-3-2-4-10-22/h5-7,16,20H,2-4,8-15,17H2,1H3/t20-/m0/s1. The molecule has 2 heterocycles. The van der Waals surface area contributed by atoms with E-state index < -0.39 is 0 Å². The summed E-state index contributed by atoms with van der Waals surface area (Å²) in [6.45, 7) is 5.20. The van der Waals surface area contributed by atoms with Gasteiger partial charge in [0, 0.05) is 50.9 Å². The number of rotatable bonds is 5. The molecule has 2 aliphatic heterocycles. The fraction of sp³-hybridized carbons (Fsp3) is 0.682. The third-order valence-electron chi connectivity index (χ3n) is 6.69. The van der Waals surface area contributed by atoms with Crippen LogP contribution in [0.1, 0.15) is 44.9 Å². The Kier molecular flexibility index (Phi) is 5.58. The van der Waals surface area contributed by atoms with Crippen LogP contribution in [-0.4, -0.2) is 56.8 Å². The predicted molar refractivity (Wildman–Crippen MR) is 106 cm³/mol. The van der Waals surface area contributed by atoms with E-state index in [0.29, 0.717) is 0 Å². The number of piperazine rings is 1. The first-order valence-corrected chi connectivity index (χ1v) is 10.5. The normalized spacial score (nSPS) is 25.6.